The maximum Gasteiger partial charge on any atom is 0.114 e. The van der Waals surface area contributed by atoms with Gasteiger partial charge in [0.2, 0.25) is 0 Å². The molecule has 1 aromatic heterocycles. The van der Waals surface area contributed by atoms with Crippen molar-refractivity contribution >= 4 is 11.8 Å². The molecule has 1 unspecified atom stereocenters. The Bertz CT molecular complexity index is 287. The first-order valence-electron chi connectivity index (χ1n) is 5.47. The maximum absolute atomic E-state index is 4.24. The Morgan fingerprint density at radius 3 is 3.07 bits per heavy atom. The SMILES string of the molecule is CC(CNC1CC1)CSc1cnccn1. The van der Waals surface area contributed by atoms with E-state index in [4.69, 9.17) is 0 Å². The molecule has 82 valence electrons. The summed E-state index contributed by atoms with van der Waals surface area (Å²) >= 11 is 1.79. The Morgan fingerprint density at radius 1 is 1.53 bits per heavy atom. The molecule has 0 spiro atoms. The van der Waals surface area contributed by atoms with Crippen molar-refractivity contribution in [3.05, 3.63) is 18.6 Å². The molecular formula is C11H17N3S. The lowest BCUT2D eigenvalue weighted by molar-refractivity contribution is 0.556. The fraction of sp³-hybridized carbons (Fsp3) is 0.636. The quantitative estimate of drug-likeness (QED) is 0.748. The van der Waals surface area contributed by atoms with E-state index in [1.54, 1.807) is 24.2 Å². The highest BCUT2D eigenvalue weighted by molar-refractivity contribution is 7.99. The molecule has 1 heterocycles. The summed E-state index contributed by atoms with van der Waals surface area (Å²) in [5, 5.41) is 4.57. The lowest BCUT2D eigenvalue weighted by Gasteiger charge is -2.10. The molecule has 0 radical (unpaired) electrons. The fourth-order valence-electron chi connectivity index (χ4n) is 1.30. The zero-order chi connectivity index (χ0) is 10.5. The fourth-order valence-corrected chi connectivity index (χ4v) is 2.15. The Balaban J connectivity index is 1.63. The van der Waals surface area contributed by atoms with E-state index in [-0.39, 0.29) is 0 Å². The predicted molar refractivity (Wildman–Crippen MR) is 62.9 cm³/mol. The van der Waals surface area contributed by atoms with Crippen LogP contribution in [0.15, 0.2) is 23.6 Å². The molecule has 4 heteroatoms. The van der Waals surface area contributed by atoms with Crippen LogP contribution < -0.4 is 5.32 Å². The number of thioether (sulfide) groups is 1. The smallest absolute Gasteiger partial charge is 0.114 e. The molecule has 0 amide bonds. The first-order valence-corrected chi connectivity index (χ1v) is 6.45. The van der Waals surface area contributed by atoms with Gasteiger partial charge in [-0.15, -0.1) is 11.8 Å². The van der Waals surface area contributed by atoms with Crippen molar-refractivity contribution in [2.75, 3.05) is 12.3 Å². The molecule has 0 aromatic carbocycles. The van der Waals surface area contributed by atoms with Crippen molar-refractivity contribution in [3.63, 3.8) is 0 Å². The van der Waals surface area contributed by atoms with Gasteiger partial charge < -0.3 is 5.32 Å². The van der Waals surface area contributed by atoms with Gasteiger partial charge in [0.05, 0.1) is 6.20 Å². The van der Waals surface area contributed by atoms with Gasteiger partial charge in [0.15, 0.2) is 0 Å². The Labute approximate surface area is 95.1 Å². The number of hydrogen-bond donors (Lipinski definition) is 1. The minimum atomic E-state index is 0.692. The Kier molecular flexibility index (Phi) is 3.97. The molecule has 0 bridgehead atoms. The van der Waals surface area contributed by atoms with Crippen LogP contribution in [-0.2, 0) is 0 Å². The molecule has 3 nitrogen and oxygen atoms in total. The summed E-state index contributed by atoms with van der Waals surface area (Å²) in [6, 6.07) is 0.814. The van der Waals surface area contributed by atoms with Crippen molar-refractivity contribution in [1.82, 2.24) is 15.3 Å². The van der Waals surface area contributed by atoms with E-state index in [2.05, 4.69) is 22.2 Å². The average molecular weight is 223 g/mol. The minimum absolute atomic E-state index is 0.692. The average Bonchev–Trinajstić information content (AvgIpc) is 3.09. The van der Waals surface area contributed by atoms with Gasteiger partial charge in [-0.3, -0.25) is 4.98 Å². The van der Waals surface area contributed by atoms with E-state index in [0.717, 1.165) is 23.4 Å². The van der Waals surface area contributed by atoms with E-state index in [9.17, 15) is 0 Å². The normalized spacial score (nSPS) is 17.7. The third kappa shape index (κ3) is 4.18. The molecule has 0 aliphatic heterocycles. The lowest BCUT2D eigenvalue weighted by Crippen LogP contribution is -2.24. The van der Waals surface area contributed by atoms with Gasteiger partial charge in [-0.25, -0.2) is 4.98 Å². The first-order chi connectivity index (χ1) is 7.34. The van der Waals surface area contributed by atoms with Gasteiger partial charge in [0.1, 0.15) is 5.03 Å². The Hall–Kier alpha value is -0.610. The highest BCUT2D eigenvalue weighted by Crippen LogP contribution is 2.20. The summed E-state index contributed by atoms with van der Waals surface area (Å²) in [6.07, 6.45) is 8.01. The molecule has 1 aromatic rings. The maximum atomic E-state index is 4.24. The highest BCUT2D eigenvalue weighted by atomic mass is 32.2. The number of nitrogens with one attached hydrogen (secondary N) is 1. The van der Waals surface area contributed by atoms with Crippen molar-refractivity contribution in [3.8, 4) is 0 Å². The highest BCUT2D eigenvalue weighted by Gasteiger charge is 2.20. The molecule has 1 aliphatic rings. The largest absolute Gasteiger partial charge is 0.314 e. The summed E-state index contributed by atoms with van der Waals surface area (Å²) in [6.45, 7) is 3.40. The molecule has 0 saturated heterocycles. The molecule has 2 rings (SSSR count). The van der Waals surface area contributed by atoms with Gasteiger partial charge in [-0.05, 0) is 25.3 Å². The van der Waals surface area contributed by atoms with Gasteiger partial charge in [0, 0.05) is 24.2 Å². The standard InChI is InChI=1S/C11H17N3S/c1-9(6-14-10-2-3-10)8-15-11-7-12-4-5-13-11/h4-5,7,9-10,14H,2-3,6,8H2,1H3. The second-order valence-corrected chi connectivity index (χ2v) is 5.18. The lowest BCUT2D eigenvalue weighted by atomic mass is 10.2. The van der Waals surface area contributed by atoms with Crippen LogP contribution in [0.4, 0.5) is 0 Å². The van der Waals surface area contributed by atoms with Crippen LogP contribution in [0.3, 0.4) is 0 Å². The zero-order valence-electron chi connectivity index (χ0n) is 9.02. The third-order valence-corrected chi connectivity index (χ3v) is 3.63. The number of rotatable bonds is 6. The van der Waals surface area contributed by atoms with Crippen molar-refractivity contribution in [2.45, 2.75) is 30.8 Å². The molecule has 1 saturated carbocycles. The second-order valence-electron chi connectivity index (χ2n) is 4.14. The summed E-state index contributed by atoms with van der Waals surface area (Å²) in [7, 11) is 0. The first kappa shape index (κ1) is 10.9. The summed E-state index contributed by atoms with van der Waals surface area (Å²) < 4.78 is 0. The third-order valence-electron chi connectivity index (χ3n) is 2.39. The minimum Gasteiger partial charge on any atom is -0.314 e. The van der Waals surface area contributed by atoms with Crippen molar-refractivity contribution in [2.24, 2.45) is 5.92 Å². The van der Waals surface area contributed by atoms with Crippen molar-refractivity contribution in [1.29, 1.82) is 0 Å². The van der Waals surface area contributed by atoms with E-state index in [1.165, 1.54) is 12.8 Å². The molecular weight excluding hydrogens is 206 g/mol. The molecule has 15 heavy (non-hydrogen) atoms. The van der Waals surface area contributed by atoms with Crippen LogP contribution in [0.5, 0.6) is 0 Å². The summed E-state index contributed by atoms with van der Waals surface area (Å²) in [4.78, 5) is 8.29. The van der Waals surface area contributed by atoms with Gasteiger partial charge in [-0.1, -0.05) is 6.92 Å². The summed E-state index contributed by atoms with van der Waals surface area (Å²) in [5.74, 6) is 1.80. The van der Waals surface area contributed by atoms with E-state index < -0.39 is 0 Å². The predicted octanol–water partition coefficient (Wildman–Crippen LogP) is 1.96. The topological polar surface area (TPSA) is 37.8 Å². The molecule has 1 aliphatic carbocycles. The number of hydrogen-bond acceptors (Lipinski definition) is 4. The van der Waals surface area contributed by atoms with Crippen LogP contribution in [0.2, 0.25) is 0 Å². The molecule has 1 N–H and O–H groups in total. The Morgan fingerprint density at radius 2 is 2.40 bits per heavy atom. The van der Waals surface area contributed by atoms with Crippen LogP contribution in [-0.4, -0.2) is 28.3 Å². The zero-order valence-corrected chi connectivity index (χ0v) is 9.83. The summed E-state index contributed by atoms with van der Waals surface area (Å²) in [5.41, 5.74) is 0. The monoisotopic (exact) mass is 223 g/mol. The van der Waals surface area contributed by atoms with Crippen LogP contribution in [0, 0.1) is 5.92 Å². The van der Waals surface area contributed by atoms with Gasteiger partial charge in [-0.2, -0.15) is 0 Å². The van der Waals surface area contributed by atoms with Crippen LogP contribution in [0.25, 0.3) is 0 Å². The number of nitrogens with zero attached hydrogens (tertiary/aromatic N) is 2. The van der Waals surface area contributed by atoms with E-state index in [1.807, 2.05) is 6.20 Å². The molecule has 1 fully saturated rings. The van der Waals surface area contributed by atoms with E-state index in [0.29, 0.717) is 5.92 Å². The molecule has 1 atom stereocenters. The second kappa shape index (κ2) is 5.47. The van der Waals surface area contributed by atoms with Gasteiger partial charge in [0.25, 0.3) is 0 Å². The van der Waals surface area contributed by atoms with E-state index >= 15 is 0 Å². The van der Waals surface area contributed by atoms with Crippen LogP contribution in [0.1, 0.15) is 19.8 Å². The van der Waals surface area contributed by atoms with Crippen molar-refractivity contribution < 1.29 is 0 Å². The van der Waals surface area contributed by atoms with Crippen LogP contribution >= 0.6 is 11.8 Å². The van der Waals surface area contributed by atoms with Gasteiger partial charge >= 0.3 is 0 Å². The number of aromatic nitrogens is 2.